The van der Waals surface area contributed by atoms with Crippen LogP contribution in [0.15, 0.2) is 24.3 Å². The second-order valence-corrected chi connectivity index (χ2v) is 4.10. The maximum atomic E-state index is 10.0. The number of aliphatic hydroxyl groups excluding tert-OH is 1. The summed E-state index contributed by atoms with van der Waals surface area (Å²) in [6.45, 7) is 2.94. The van der Waals surface area contributed by atoms with E-state index in [4.69, 9.17) is 5.73 Å². The predicted octanol–water partition coefficient (Wildman–Crippen LogP) is 1.22. The van der Waals surface area contributed by atoms with E-state index in [-0.39, 0.29) is 6.04 Å². The molecule has 0 saturated carbocycles. The molecule has 1 aromatic carbocycles. The highest BCUT2D eigenvalue weighted by Crippen LogP contribution is 2.18. The number of nitrogens with one attached hydrogen (secondary N) is 1. The van der Waals surface area contributed by atoms with E-state index >= 15 is 0 Å². The molecule has 1 aromatic rings. The smallest absolute Gasteiger partial charge is 0.0941 e. The second kappa shape index (κ2) is 6.63. The highest BCUT2D eigenvalue weighted by Gasteiger charge is 2.15. The van der Waals surface area contributed by atoms with Crippen molar-refractivity contribution in [2.45, 2.75) is 31.9 Å². The molecular weight excluding hydrogens is 200 g/mol. The molecule has 0 heterocycles. The van der Waals surface area contributed by atoms with Crippen LogP contribution < -0.4 is 11.1 Å². The third kappa shape index (κ3) is 3.59. The third-order valence-corrected chi connectivity index (χ3v) is 2.86. The van der Waals surface area contributed by atoms with E-state index in [9.17, 15) is 5.11 Å². The van der Waals surface area contributed by atoms with Crippen molar-refractivity contribution in [2.75, 3.05) is 13.6 Å². The molecule has 16 heavy (non-hydrogen) atoms. The molecule has 2 unspecified atom stereocenters. The number of hydrogen-bond acceptors (Lipinski definition) is 3. The Kier molecular flexibility index (Phi) is 5.46. The van der Waals surface area contributed by atoms with Crippen LogP contribution in [-0.2, 0) is 6.42 Å². The molecule has 2 atom stereocenters. The van der Waals surface area contributed by atoms with Gasteiger partial charge in [-0.1, -0.05) is 31.2 Å². The normalized spacial score (nSPS) is 14.8. The van der Waals surface area contributed by atoms with Gasteiger partial charge in [0, 0.05) is 6.04 Å². The molecule has 1 rings (SSSR count). The second-order valence-electron chi connectivity index (χ2n) is 4.10. The molecule has 0 radical (unpaired) electrons. The van der Waals surface area contributed by atoms with E-state index in [1.807, 2.05) is 31.3 Å². The monoisotopic (exact) mass is 222 g/mol. The lowest BCUT2D eigenvalue weighted by atomic mass is 9.99. The number of aryl methyl sites for hydroxylation is 1. The summed E-state index contributed by atoms with van der Waals surface area (Å²) in [6, 6.07) is 7.80. The SMILES string of the molecule is CCc1ccc(C(O)C(N)CCNC)cc1. The van der Waals surface area contributed by atoms with Crippen LogP contribution in [-0.4, -0.2) is 24.7 Å². The van der Waals surface area contributed by atoms with Crippen molar-refractivity contribution in [3.05, 3.63) is 35.4 Å². The lowest BCUT2D eigenvalue weighted by Gasteiger charge is -2.19. The van der Waals surface area contributed by atoms with Gasteiger partial charge in [0.05, 0.1) is 6.10 Å². The van der Waals surface area contributed by atoms with Crippen LogP contribution in [0.4, 0.5) is 0 Å². The minimum absolute atomic E-state index is 0.208. The maximum Gasteiger partial charge on any atom is 0.0941 e. The maximum absolute atomic E-state index is 10.0. The van der Waals surface area contributed by atoms with E-state index in [0.717, 1.165) is 24.9 Å². The lowest BCUT2D eigenvalue weighted by Crippen LogP contribution is -2.31. The first-order valence-corrected chi connectivity index (χ1v) is 5.86. The summed E-state index contributed by atoms with van der Waals surface area (Å²) in [7, 11) is 1.88. The Morgan fingerprint density at radius 2 is 1.94 bits per heavy atom. The van der Waals surface area contributed by atoms with Gasteiger partial charge in [-0.15, -0.1) is 0 Å². The molecule has 0 aliphatic heterocycles. The fourth-order valence-corrected chi connectivity index (χ4v) is 1.67. The molecule has 0 saturated heterocycles. The number of benzene rings is 1. The zero-order chi connectivity index (χ0) is 12.0. The van der Waals surface area contributed by atoms with Crippen LogP contribution in [0.1, 0.15) is 30.6 Å². The molecule has 0 bridgehead atoms. The minimum Gasteiger partial charge on any atom is -0.387 e. The van der Waals surface area contributed by atoms with E-state index in [1.165, 1.54) is 5.56 Å². The van der Waals surface area contributed by atoms with Crippen molar-refractivity contribution < 1.29 is 5.11 Å². The van der Waals surface area contributed by atoms with Crippen molar-refractivity contribution in [1.29, 1.82) is 0 Å². The Bertz CT molecular complexity index is 297. The van der Waals surface area contributed by atoms with Crippen molar-refractivity contribution in [3.8, 4) is 0 Å². The van der Waals surface area contributed by atoms with Gasteiger partial charge in [0.2, 0.25) is 0 Å². The van der Waals surface area contributed by atoms with Crippen molar-refractivity contribution >= 4 is 0 Å². The van der Waals surface area contributed by atoms with E-state index < -0.39 is 6.10 Å². The third-order valence-electron chi connectivity index (χ3n) is 2.86. The number of aliphatic hydroxyl groups is 1. The van der Waals surface area contributed by atoms with Gasteiger partial charge in [0.15, 0.2) is 0 Å². The fourth-order valence-electron chi connectivity index (χ4n) is 1.67. The Labute approximate surface area is 97.7 Å². The van der Waals surface area contributed by atoms with Crippen molar-refractivity contribution in [2.24, 2.45) is 5.73 Å². The summed E-state index contributed by atoms with van der Waals surface area (Å²) in [6.07, 6.45) is 1.22. The first kappa shape index (κ1) is 13.2. The average molecular weight is 222 g/mol. The summed E-state index contributed by atoms with van der Waals surface area (Å²) in [5.41, 5.74) is 8.10. The largest absolute Gasteiger partial charge is 0.387 e. The Hall–Kier alpha value is -0.900. The molecule has 0 fully saturated rings. The summed E-state index contributed by atoms with van der Waals surface area (Å²) < 4.78 is 0. The van der Waals surface area contributed by atoms with Crippen LogP contribution in [0.5, 0.6) is 0 Å². The lowest BCUT2D eigenvalue weighted by molar-refractivity contribution is 0.142. The van der Waals surface area contributed by atoms with Gasteiger partial charge in [-0.3, -0.25) is 0 Å². The first-order chi connectivity index (χ1) is 7.69. The fraction of sp³-hybridized carbons (Fsp3) is 0.538. The highest BCUT2D eigenvalue weighted by molar-refractivity contribution is 5.24. The van der Waals surface area contributed by atoms with E-state index in [0.29, 0.717) is 0 Å². The average Bonchev–Trinajstić information content (AvgIpc) is 2.35. The van der Waals surface area contributed by atoms with Gasteiger partial charge in [-0.05, 0) is 37.6 Å². The molecule has 0 spiro atoms. The van der Waals surface area contributed by atoms with Crippen LogP contribution in [0, 0.1) is 0 Å². The highest BCUT2D eigenvalue weighted by atomic mass is 16.3. The molecule has 90 valence electrons. The van der Waals surface area contributed by atoms with Gasteiger partial charge >= 0.3 is 0 Å². The quantitative estimate of drug-likeness (QED) is 0.678. The van der Waals surface area contributed by atoms with E-state index in [2.05, 4.69) is 12.2 Å². The zero-order valence-electron chi connectivity index (χ0n) is 10.1. The summed E-state index contributed by atoms with van der Waals surface area (Å²) in [5.74, 6) is 0. The van der Waals surface area contributed by atoms with Crippen LogP contribution >= 0.6 is 0 Å². The summed E-state index contributed by atoms with van der Waals surface area (Å²) in [5, 5.41) is 13.1. The van der Waals surface area contributed by atoms with Gasteiger partial charge in [-0.2, -0.15) is 0 Å². The predicted molar refractivity (Wildman–Crippen MR) is 67.3 cm³/mol. The van der Waals surface area contributed by atoms with Gasteiger partial charge in [-0.25, -0.2) is 0 Å². The molecule has 0 aliphatic rings. The number of hydrogen-bond donors (Lipinski definition) is 3. The van der Waals surface area contributed by atoms with Crippen molar-refractivity contribution in [3.63, 3.8) is 0 Å². The summed E-state index contributed by atoms with van der Waals surface area (Å²) >= 11 is 0. The molecule has 0 aromatic heterocycles. The number of nitrogens with two attached hydrogens (primary N) is 1. The summed E-state index contributed by atoms with van der Waals surface area (Å²) in [4.78, 5) is 0. The standard InChI is InChI=1S/C13H22N2O/c1-3-10-4-6-11(7-5-10)13(16)12(14)8-9-15-2/h4-7,12-13,15-16H,3,8-9,14H2,1-2H3. The minimum atomic E-state index is -0.570. The number of rotatable bonds is 6. The first-order valence-electron chi connectivity index (χ1n) is 5.86. The molecule has 0 aliphatic carbocycles. The molecule has 3 nitrogen and oxygen atoms in total. The molecule has 0 amide bonds. The van der Waals surface area contributed by atoms with Crippen LogP contribution in [0.2, 0.25) is 0 Å². The molecule has 4 N–H and O–H groups in total. The molecule has 3 heteroatoms. The van der Waals surface area contributed by atoms with Gasteiger partial charge < -0.3 is 16.2 Å². The molecular formula is C13H22N2O. The van der Waals surface area contributed by atoms with Crippen LogP contribution in [0.3, 0.4) is 0 Å². The van der Waals surface area contributed by atoms with Gasteiger partial charge in [0.1, 0.15) is 0 Å². The Balaban J connectivity index is 2.60. The van der Waals surface area contributed by atoms with E-state index in [1.54, 1.807) is 0 Å². The Morgan fingerprint density at radius 1 is 1.31 bits per heavy atom. The topological polar surface area (TPSA) is 58.3 Å². The van der Waals surface area contributed by atoms with Crippen LogP contribution in [0.25, 0.3) is 0 Å². The van der Waals surface area contributed by atoms with Crippen molar-refractivity contribution in [1.82, 2.24) is 5.32 Å². The zero-order valence-corrected chi connectivity index (χ0v) is 10.1. The Morgan fingerprint density at radius 3 is 2.44 bits per heavy atom. The van der Waals surface area contributed by atoms with Gasteiger partial charge in [0.25, 0.3) is 0 Å².